The number of hydrogen-bond donors (Lipinski definition) is 0. The van der Waals surface area contributed by atoms with Gasteiger partial charge in [-0.05, 0) is 135 Å². The second-order valence-electron chi connectivity index (χ2n) is 25.3. The Morgan fingerprint density at radius 2 is 0.893 bits per heavy atom. The number of esters is 2. The third-order valence-electron chi connectivity index (χ3n) is 18.0. The smallest absolute Gasteiger partial charge is 0.340 e. The zero-order valence-corrected chi connectivity index (χ0v) is 56.4. The van der Waals surface area contributed by atoms with E-state index in [0.717, 1.165) is 40.3 Å². The molecule has 0 saturated carbocycles. The molecule has 0 saturated heterocycles. The molecular formula is C80H64F8N4O11. The van der Waals surface area contributed by atoms with Crippen molar-refractivity contribution in [1.82, 2.24) is 9.13 Å². The number of alkyl halides is 8. The molecule has 0 amide bonds. The molecule has 103 heavy (non-hydrogen) atoms. The maximum atomic E-state index is 15.0. The summed E-state index contributed by atoms with van der Waals surface area (Å²) in [5.41, 5.74) is 8.39. The topological polar surface area (TPSA) is 183 Å². The van der Waals surface area contributed by atoms with Crippen LogP contribution in [0.3, 0.4) is 0 Å². The van der Waals surface area contributed by atoms with Gasteiger partial charge in [0.1, 0.15) is 49.6 Å². The van der Waals surface area contributed by atoms with E-state index in [-0.39, 0.29) is 51.0 Å². The standard InChI is InChI=1S/C80H64F8N4O11/c1-42-30-44(3)69(45(4)31-42)75(96)61-36-59-57-34-49(71(89-98)55-20-12-14-22-65(55)101-40-79(85,86)77(81)82)24-26-63(57)91(73(59)53-18-10-8-16-51(53)61)38-67(94)99-28-29-100-68(95)39-92-64-27-25-50(72(90-103-48(7)93)56-21-13-15-23-66(56)102-41-80(87,88)78(83)84)35-58(64)60-37-62(52-17-9-11-19-54(52)74(60)92)76(97)70-46(5)32-43(2)33-47(70)6/h8-27,30-37,71,77-78H,28-29,38-41H2,1-7H3. The average Bonchev–Trinajstić information content (AvgIpc) is 1.60. The molecule has 2 heterocycles. The molecule has 0 aliphatic rings. The van der Waals surface area contributed by atoms with Gasteiger partial charge >= 0.3 is 42.6 Å². The van der Waals surface area contributed by atoms with Gasteiger partial charge in [0, 0.05) is 89.2 Å². The first-order valence-electron chi connectivity index (χ1n) is 32.5. The summed E-state index contributed by atoms with van der Waals surface area (Å²) in [5.74, 6) is -12.7. The van der Waals surface area contributed by atoms with Crippen molar-refractivity contribution in [3.63, 3.8) is 0 Å². The van der Waals surface area contributed by atoms with Crippen molar-refractivity contribution in [1.29, 1.82) is 0 Å². The Morgan fingerprint density at radius 3 is 1.37 bits per heavy atom. The quantitative estimate of drug-likeness (QED) is 0.00775. The van der Waals surface area contributed by atoms with Crippen molar-refractivity contribution in [2.24, 2.45) is 10.3 Å². The fourth-order valence-electron chi connectivity index (χ4n) is 13.7. The Hall–Kier alpha value is -11.6. The molecule has 526 valence electrons. The molecule has 1 atom stereocenters. The predicted octanol–water partition coefficient (Wildman–Crippen LogP) is 18.0. The number of ketones is 2. The highest BCUT2D eigenvalue weighted by Crippen LogP contribution is 2.43. The number of benzene rings is 10. The van der Waals surface area contributed by atoms with E-state index in [4.69, 9.17) is 23.8 Å². The monoisotopic (exact) mass is 1410 g/mol. The van der Waals surface area contributed by atoms with E-state index in [2.05, 4.69) is 10.3 Å². The molecule has 10 aromatic carbocycles. The highest BCUT2D eigenvalue weighted by Gasteiger charge is 2.43. The number of aromatic nitrogens is 2. The van der Waals surface area contributed by atoms with E-state index in [1.54, 1.807) is 100 Å². The Labute approximate surface area is 583 Å². The number of oxime groups is 1. The molecule has 23 heteroatoms. The fraction of sp³-hybridized carbons (Fsp3) is 0.225. The van der Waals surface area contributed by atoms with Gasteiger partial charge in [-0.2, -0.15) is 17.6 Å². The Morgan fingerprint density at radius 1 is 0.466 bits per heavy atom. The minimum atomic E-state index is -4.54. The zero-order valence-electron chi connectivity index (χ0n) is 56.4. The Balaban J connectivity index is 0.886. The first-order chi connectivity index (χ1) is 49.2. The summed E-state index contributed by atoms with van der Waals surface area (Å²) in [5, 5.41) is 11.3. The van der Waals surface area contributed by atoms with Gasteiger partial charge < -0.3 is 32.9 Å². The summed E-state index contributed by atoms with van der Waals surface area (Å²) in [4.78, 5) is 89.3. The lowest BCUT2D eigenvalue weighted by molar-refractivity contribution is -0.152. The van der Waals surface area contributed by atoms with Crippen LogP contribution in [0.2, 0.25) is 0 Å². The number of para-hydroxylation sites is 2. The third kappa shape index (κ3) is 14.0. The van der Waals surface area contributed by atoms with Crippen molar-refractivity contribution in [3.8, 4) is 11.5 Å². The van der Waals surface area contributed by atoms with E-state index in [1.165, 1.54) is 54.6 Å². The highest BCUT2D eigenvalue weighted by atomic mass is 19.3. The molecule has 15 nitrogen and oxygen atoms in total. The molecule has 0 fully saturated rings. The molecule has 2 aromatic heterocycles. The van der Waals surface area contributed by atoms with Gasteiger partial charge in [0.05, 0.1) is 11.0 Å². The average molecular weight is 1410 g/mol. The molecule has 12 rings (SSSR count). The van der Waals surface area contributed by atoms with Crippen LogP contribution < -0.4 is 9.47 Å². The number of ether oxygens (including phenoxy) is 4. The highest BCUT2D eigenvalue weighted by molar-refractivity contribution is 6.29. The van der Waals surface area contributed by atoms with Crippen molar-refractivity contribution in [3.05, 3.63) is 253 Å². The van der Waals surface area contributed by atoms with Crippen molar-refractivity contribution >= 4 is 100 Å². The summed E-state index contributed by atoms with van der Waals surface area (Å²) >= 11 is 0. The van der Waals surface area contributed by atoms with Crippen LogP contribution in [-0.4, -0.2) is 95.4 Å². The van der Waals surface area contributed by atoms with Crippen LogP contribution in [0.4, 0.5) is 35.1 Å². The molecule has 0 aliphatic carbocycles. The molecule has 0 N–H and O–H groups in total. The number of fused-ring (bicyclic) bond motifs is 10. The Kier molecular flexibility index (Phi) is 19.9. The number of aryl methyl sites for hydroxylation is 6. The van der Waals surface area contributed by atoms with E-state index in [0.29, 0.717) is 87.4 Å². The lowest BCUT2D eigenvalue weighted by Gasteiger charge is -2.19. The summed E-state index contributed by atoms with van der Waals surface area (Å²) in [6.07, 6.45) is -8.08. The lowest BCUT2D eigenvalue weighted by atomic mass is 9.89. The van der Waals surface area contributed by atoms with Gasteiger partial charge in [0.15, 0.2) is 24.8 Å². The van der Waals surface area contributed by atoms with Crippen molar-refractivity contribution in [2.45, 2.75) is 92.3 Å². The van der Waals surface area contributed by atoms with Crippen LogP contribution in [0, 0.1) is 46.4 Å². The Bertz CT molecular complexity index is 5440. The number of nitroso groups, excluding NO2 is 1. The zero-order chi connectivity index (χ0) is 73.5. The van der Waals surface area contributed by atoms with Crippen LogP contribution in [0.1, 0.15) is 100 Å². The summed E-state index contributed by atoms with van der Waals surface area (Å²) < 4.78 is 136. The van der Waals surface area contributed by atoms with Crippen LogP contribution in [0.15, 0.2) is 180 Å². The summed E-state index contributed by atoms with van der Waals surface area (Å²) in [6.45, 7) is 7.05. The molecule has 0 spiro atoms. The van der Waals surface area contributed by atoms with Gasteiger partial charge in [-0.1, -0.05) is 137 Å². The number of nitrogens with zero attached hydrogens (tertiary/aromatic N) is 4. The SMILES string of the molecule is CC(=O)ON=C(c1ccc2c(c1)c1cc(C(=O)c3c(C)cc(C)cc3C)c3ccccc3c1n2CC(=O)OCCOC(=O)Cn1c2ccc(C(N=O)c3ccccc3OCC(F)(F)C(F)F)cc2c2cc(C(=O)c3c(C)cc(C)cc3C)c3ccccc3c21)c1ccccc1OCC(F)(F)C(F)F. The molecule has 1 unspecified atom stereocenters. The van der Waals surface area contributed by atoms with Crippen LogP contribution in [-0.2, 0) is 41.8 Å². The minimum Gasteiger partial charge on any atom is -0.487 e. The van der Waals surface area contributed by atoms with E-state index < -0.39 is 88.2 Å². The first kappa shape index (κ1) is 71.2. The predicted molar refractivity (Wildman–Crippen MR) is 375 cm³/mol. The largest absolute Gasteiger partial charge is 0.487 e. The van der Waals surface area contributed by atoms with Crippen molar-refractivity contribution in [2.75, 3.05) is 26.4 Å². The van der Waals surface area contributed by atoms with E-state index >= 15 is 4.79 Å². The second-order valence-corrected chi connectivity index (χ2v) is 25.3. The molecule has 0 radical (unpaired) electrons. The number of carbonyl (C=O) groups excluding carboxylic acids is 5. The lowest BCUT2D eigenvalue weighted by Crippen LogP contribution is -2.34. The van der Waals surface area contributed by atoms with E-state index in [1.807, 2.05) is 65.8 Å². The molecule has 0 aliphatic heterocycles. The molecule has 12 aromatic rings. The van der Waals surface area contributed by atoms with E-state index in [9.17, 15) is 59.2 Å². The van der Waals surface area contributed by atoms with Gasteiger partial charge in [-0.25, -0.2) is 22.4 Å². The summed E-state index contributed by atoms with van der Waals surface area (Å²) in [6, 6.07) is 44.4. The molecule has 0 bridgehead atoms. The van der Waals surface area contributed by atoms with Gasteiger partial charge in [0.25, 0.3) is 0 Å². The second kappa shape index (κ2) is 28.8. The fourth-order valence-corrected chi connectivity index (χ4v) is 13.7. The maximum Gasteiger partial charge on any atom is 0.340 e. The summed E-state index contributed by atoms with van der Waals surface area (Å²) in [7, 11) is 0. The number of hydrogen-bond acceptors (Lipinski definition) is 13. The van der Waals surface area contributed by atoms with Crippen LogP contribution >= 0.6 is 0 Å². The third-order valence-corrected chi connectivity index (χ3v) is 18.0. The van der Waals surface area contributed by atoms with Crippen molar-refractivity contribution < 1.29 is 82.9 Å². The van der Waals surface area contributed by atoms with Crippen LogP contribution in [0.25, 0.3) is 65.2 Å². The van der Waals surface area contributed by atoms with Gasteiger partial charge in [-0.15, -0.1) is 4.91 Å². The number of rotatable bonds is 25. The molecular weight excluding hydrogens is 1340 g/mol. The van der Waals surface area contributed by atoms with Crippen LogP contribution in [0.5, 0.6) is 11.5 Å². The number of halogens is 8. The normalized spacial score (nSPS) is 12.5. The maximum absolute atomic E-state index is 15.0. The first-order valence-corrected chi connectivity index (χ1v) is 32.5. The number of carbonyl (C=O) groups is 5. The van der Waals surface area contributed by atoms with Gasteiger partial charge in [0.2, 0.25) is 0 Å². The van der Waals surface area contributed by atoms with Gasteiger partial charge in [-0.3, -0.25) is 19.2 Å². The minimum absolute atomic E-state index is 0.00947.